The number of pyridine rings is 1. The Bertz CT molecular complexity index is 415. The molecule has 0 fully saturated rings. The SMILES string of the molecule is O=C(O)Cc1nc(CBr)cc(I)c1C(F)F. The van der Waals surface area contributed by atoms with Crippen molar-refractivity contribution in [3.05, 3.63) is 26.6 Å². The minimum atomic E-state index is -2.71. The van der Waals surface area contributed by atoms with Crippen molar-refractivity contribution in [3.63, 3.8) is 0 Å². The lowest BCUT2D eigenvalue weighted by Gasteiger charge is -2.10. The zero-order valence-electron chi connectivity index (χ0n) is 7.88. The molecule has 1 rings (SSSR count). The second kappa shape index (κ2) is 5.85. The minimum absolute atomic E-state index is 0.0659. The molecule has 1 N–H and O–H groups in total. The van der Waals surface area contributed by atoms with Crippen molar-refractivity contribution in [2.45, 2.75) is 18.2 Å². The Morgan fingerprint density at radius 1 is 1.62 bits per heavy atom. The predicted octanol–water partition coefficient (Wildman–Crippen LogP) is 3.15. The summed E-state index contributed by atoms with van der Waals surface area (Å²) >= 11 is 4.92. The Morgan fingerprint density at radius 3 is 2.69 bits per heavy atom. The third kappa shape index (κ3) is 3.34. The van der Waals surface area contributed by atoms with Crippen molar-refractivity contribution >= 4 is 44.5 Å². The molecule has 88 valence electrons. The van der Waals surface area contributed by atoms with Crippen LogP contribution in [0, 0.1) is 3.57 Å². The highest BCUT2D eigenvalue weighted by atomic mass is 127. The highest BCUT2D eigenvalue weighted by molar-refractivity contribution is 14.1. The van der Waals surface area contributed by atoms with Gasteiger partial charge in [-0.3, -0.25) is 9.78 Å². The van der Waals surface area contributed by atoms with Crippen LogP contribution in [0.2, 0.25) is 0 Å². The Labute approximate surface area is 113 Å². The molecule has 0 bridgehead atoms. The molecule has 0 spiro atoms. The summed E-state index contributed by atoms with van der Waals surface area (Å²) in [6, 6.07) is 1.52. The maximum Gasteiger partial charge on any atom is 0.309 e. The predicted molar refractivity (Wildman–Crippen MR) is 65.9 cm³/mol. The van der Waals surface area contributed by atoms with Gasteiger partial charge in [-0.15, -0.1) is 0 Å². The largest absolute Gasteiger partial charge is 0.481 e. The van der Waals surface area contributed by atoms with Gasteiger partial charge >= 0.3 is 5.97 Å². The third-order valence-electron chi connectivity index (χ3n) is 1.81. The minimum Gasteiger partial charge on any atom is -0.481 e. The van der Waals surface area contributed by atoms with Gasteiger partial charge in [0.2, 0.25) is 0 Å². The normalized spacial score (nSPS) is 10.8. The summed E-state index contributed by atoms with van der Waals surface area (Å²) in [7, 11) is 0. The molecule has 1 aromatic heterocycles. The molecule has 0 aliphatic rings. The fourth-order valence-electron chi connectivity index (χ4n) is 1.20. The van der Waals surface area contributed by atoms with E-state index >= 15 is 0 Å². The van der Waals surface area contributed by atoms with Crippen LogP contribution in [0.3, 0.4) is 0 Å². The van der Waals surface area contributed by atoms with Gasteiger partial charge in [-0.1, -0.05) is 15.9 Å². The molecule has 0 unspecified atom stereocenters. The average Bonchev–Trinajstić information content (AvgIpc) is 2.14. The van der Waals surface area contributed by atoms with Crippen LogP contribution < -0.4 is 0 Å². The summed E-state index contributed by atoms with van der Waals surface area (Å²) in [6.45, 7) is 0. The second-order valence-corrected chi connectivity index (χ2v) is 4.68. The summed E-state index contributed by atoms with van der Waals surface area (Å²) < 4.78 is 25.8. The maximum absolute atomic E-state index is 12.7. The first-order chi connectivity index (χ1) is 7.45. The van der Waals surface area contributed by atoms with E-state index in [1.54, 1.807) is 22.6 Å². The Hall–Kier alpha value is -0.310. The smallest absolute Gasteiger partial charge is 0.309 e. The Morgan fingerprint density at radius 2 is 2.25 bits per heavy atom. The molecule has 0 saturated carbocycles. The van der Waals surface area contributed by atoms with E-state index in [0.717, 1.165) is 0 Å². The van der Waals surface area contributed by atoms with Crippen LogP contribution in [0.4, 0.5) is 8.78 Å². The zero-order valence-corrected chi connectivity index (χ0v) is 11.6. The number of carboxylic acids is 1. The molecule has 16 heavy (non-hydrogen) atoms. The van der Waals surface area contributed by atoms with Crippen LogP contribution in [0.1, 0.15) is 23.4 Å². The van der Waals surface area contributed by atoms with Crippen LogP contribution in [-0.4, -0.2) is 16.1 Å². The molecule has 3 nitrogen and oxygen atoms in total. The molecule has 1 aromatic rings. The number of carbonyl (C=O) groups is 1. The van der Waals surface area contributed by atoms with E-state index in [0.29, 0.717) is 14.6 Å². The third-order valence-corrected chi connectivity index (χ3v) is 3.28. The topological polar surface area (TPSA) is 50.2 Å². The molecule has 0 saturated heterocycles. The maximum atomic E-state index is 12.7. The van der Waals surface area contributed by atoms with Crippen molar-refractivity contribution in [2.24, 2.45) is 0 Å². The van der Waals surface area contributed by atoms with Crippen molar-refractivity contribution in [2.75, 3.05) is 0 Å². The molecule has 0 aromatic carbocycles. The van der Waals surface area contributed by atoms with E-state index in [9.17, 15) is 13.6 Å². The molecule has 0 aliphatic heterocycles. The molecular formula is C9H7BrF2INO2. The first kappa shape index (κ1) is 13.8. The number of alkyl halides is 3. The molecule has 0 amide bonds. The van der Waals surface area contributed by atoms with E-state index in [1.165, 1.54) is 6.07 Å². The zero-order chi connectivity index (χ0) is 12.3. The van der Waals surface area contributed by atoms with Gasteiger partial charge in [-0.05, 0) is 28.7 Å². The molecule has 1 heterocycles. The van der Waals surface area contributed by atoms with Crippen LogP contribution in [0.25, 0.3) is 0 Å². The monoisotopic (exact) mass is 405 g/mol. The Kier molecular flexibility index (Phi) is 5.03. The Balaban J connectivity index is 3.28. The lowest BCUT2D eigenvalue weighted by atomic mass is 10.1. The van der Waals surface area contributed by atoms with E-state index in [2.05, 4.69) is 20.9 Å². The summed E-state index contributed by atoms with van der Waals surface area (Å²) in [5, 5.41) is 9.03. The fourth-order valence-corrected chi connectivity index (χ4v) is 2.40. The summed E-state index contributed by atoms with van der Waals surface area (Å²) in [5.74, 6) is -1.17. The lowest BCUT2D eigenvalue weighted by Crippen LogP contribution is -2.09. The van der Waals surface area contributed by atoms with Gasteiger partial charge in [0.15, 0.2) is 0 Å². The van der Waals surface area contributed by atoms with E-state index in [-0.39, 0.29) is 11.3 Å². The number of aromatic nitrogens is 1. The quantitative estimate of drug-likeness (QED) is 0.618. The van der Waals surface area contributed by atoms with Gasteiger partial charge in [-0.2, -0.15) is 0 Å². The average molecular weight is 406 g/mol. The van der Waals surface area contributed by atoms with Gasteiger partial charge in [0.25, 0.3) is 6.43 Å². The number of halogens is 4. The number of rotatable bonds is 4. The van der Waals surface area contributed by atoms with Gasteiger partial charge < -0.3 is 5.11 Å². The van der Waals surface area contributed by atoms with Gasteiger partial charge in [0.05, 0.1) is 23.4 Å². The van der Waals surface area contributed by atoms with E-state index in [1.807, 2.05) is 0 Å². The number of nitrogens with zero attached hydrogens (tertiary/aromatic N) is 1. The van der Waals surface area contributed by atoms with Crippen LogP contribution in [0.5, 0.6) is 0 Å². The van der Waals surface area contributed by atoms with E-state index < -0.39 is 18.8 Å². The van der Waals surface area contributed by atoms with Crippen LogP contribution in [0.15, 0.2) is 6.07 Å². The van der Waals surface area contributed by atoms with Gasteiger partial charge in [0.1, 0.15) is 0 Å². The van der Waals surface area contributed by atoms with Crippen molar-refractivity contribution in [3.8, 4) is 0 Å². The van der Waals surface area contributed by atoms with Gasteiger partial charge in [-0.25, -0.2) is 8.78 Å². The summed E-state index contributed by atoms with van der Waals surface area (Å²) in [4.78, 5) is 14.5. The highest BCUT2D eigenvalue weighted by Crippen LogP contribution is 2.28. The molecule has 0 aliphatic carbocycles. The summed E-state index contributed by atoms with van der Waals surface area (Å²) in [6.07, 6.45) is -3.20. The fraction of sp³-hybridized carbons (Fsp3) is 0.333. The molecule has 7 heteroatoms. The second-order valence-electron chi connectivity index (χ2n) is 2.96. The number of carboxylic acid groups (broad SMARTS) is 1. The molecule has 0 atom stereocenters. The van der Waals surface area contributed by atoms with Gasteiger partial charge in [0, 0.05) is 8.90 Å². The first-order valence-electron chi connectivity index (χ1n) is 4.19. The molecular weight excluding hydrogens is 399 g/mol. The van der Waals surface area contributed by atoms with E-state index in [4.69, 9.17) is 5.11 Å². The highest BCUT2D eigenvalue weighted by Gasteiger charge is 2.20. The number of hydrogen-bond donors (Lipinski definition) is 1. The van der Waals surface area contributed by atoms with Crippen molar-refractivity contribution in [1.29, 1.82) is 0 Å². The number of aliphatic carboxylic acids is 1. The first-order valence-corrected chi connectivity index (χ1v) is 6.39. The van der Waals surface area contributed by atoms with Crippen LogP contribution >= 0.6 is 38.5 Å². The number of hydrogen-bond acceptors (Lipinski definition) is 2. The molecule has 0 radical (unpaired) electrons. The summed E-state index contributed by atoms with van der Waals surface area (Å²) in [5.41, 5.74) is 0.196. The van der Waals surface area contributed by atoms with Crippen molar-refractivity contribution in [1.82, 2.24) is 4.98 Å². The lowest BCUT2D eigenvalue weighted by molar-refractivity contribution is -0.136. The van der Waals surface area contributed by atoms with Crippen molar-refractivity contribution < 1.29 is 18.7 Å². The van der Waals surface area contributed by atoms with Crippen LogP contribution in [-0.2, 0) is 16.5 Å². The standard InChI is InChI=1S/C9H7BrF2INO2/c10-3-4-1-5(13)8(9(11)12)6(14-4)2-7(15)16/h1,9H,2-3H2,(H,15,16).